The third-order valence-electron chi connectivity index (χ3n) is 3.72. The Morgan fingerprint density at radius 3 is 2.50 bits per heavy atom. The van der Waals surface area contributed by atoms with Gasteiger partial charge in [-0.3, -0.25) is 0 Å². The second-order valence-corrected chi connectivity index (χ2v) is 5.92. The Bertz CT molecular complexity index is 563. The van der Waals surface area contributed by atoms with E-state index in [1.54, 1.807) is 0 Å². The van der Waals surface area contributed by atoms with E-state index in [2.05, 4.69) is 49.4 Å². The molecule has 2 N–H and O–H groups in total. The molecule has 1 atom stereocenters. The minimum absolute atomic E-state index is 0.152. The molecule has 0 bridgehead atoms. The Kier molecular flexibility index (Phi) is 6.47. The molecule has 2 heteroatoms. The van der Waals surface area contributed by atoms with Crippen molar-refractivity contribution in [1.82, 2.24) is 0 Å². The van der Waals surface area contributed by atoms with Crippen molar-refractivity contribution in [2.45, 2.75) is 45.6 Å². The van der Waals surface area contributed by atoms with Crippen LogP contribution in [-0.2, 0) is 6.42 Å². The van der Waals surface area contributed by atoms with Gasteiger partial charge >= 0.3 is 0 Å². The summed E-state index contributed by atoms with van der Waals surface area (Å²) in [6.07, 6.45) is 4.42. The van der Waals surface area contributed by atoms with Crippen LogP contribution in [0.2, 0.25) is 0 Å². The Morgan fingerprint density at radius 2 is 1.82 bits per heavy atom. The Morgan fingerprint density at radius 1 is 1.05 bits per heavy atom. The van der Waals surface area contributed by atoms with E-state index in [1.807, 2.05) is 13.0 Å². The van der Waals surface area contributed by atoms with Gasteiger partial charge < -0.3 is 10.5 Å². The van der Waals surface area contributed by atoms with Crippen LogP contribution in [-0.4, -0.2) is 12.6 Å². The summed E-state index contributed by atoms with van der Waals surface area (Å²) in [5, 5.41) is 0. The van der Waals surface area contributed by atoms with Gasteiger partial charge in [-0.2, -0.15) is 0 Å². The van der Waals surface area contributed by atoms with Crippen LogP contribution in [0.1, 0.15) is 38.7 Å². The molecule has 0 saturated carbocycles. The average Bonchev–Trinajstić information content (AvgIpc) is 2.53. The van der Waals surface area contributed by atoms with Crippen LogP contribution in [0.15, 0.2) is 48.5 Å². The molecule has 22 heavy (non-hydrogen) atoms. The molecule has 0 spiro atoms. The van der Waals surface area contributed by atoms with E-state index < -0.39 is 0 Å². The van der Waals surface area contributed by atoms with Crippen molar-refractivity contribution in [3.05, 3.63) is 54.1 Å². The first-order chi connectivity index (χ1) is 10.7. The highest BCUT2D eigenvalue weighted by Gasteiger charge is 2.09. The largest absolute Gasteiger partial charge is 0.494 e. The van der Waals surface area contributed by atoms with Gasteiger partial charge in [-0.05, 0) is 48.6 Å². The smallest absolute Gasteiger partial charge is 0.119 e. The molecule has 0 fully saturated rings. The molecular formula is C20H27NO. The SMILES string of the molecule is CCCCCOc1ccc(CC(C)N)c(-c2ccccc2)c1. The minimum atomic E-state index is 0.152. The predicted octanol–water partition coefficient (Wildman–Crippen LogP) is 4.81. The van der Waals surface area contributed by atoms with E-state index >= 15 is 0 Å². The fraction of sp³-hybridized carbons (Fsp3) is 0.400. The normalized spacial score (nSPS) is 12.1. The lowest BCUT2D eigenvalue weighted by Crippen LogP contribution is -2.18. The van der Waals surface area contributed by atoms with E-state index in [4.69, 9.17) is 10.5 Å². The molecule has 0 aliphatic rings. The molecule has 1 unspecified atom stereocenters. The number of unbranched alkanes of at least 4 members (excludes halogenated alkanes) is 2. The van der Waals surface area contributed by atoms with Crippen LogP contribution in [0, 0.1) is 0 Å². The molecule has 2 nitrogen and oxygen atoms in total. The van der Waals surface area contributed by atoms with Crippen molar-refractivity contribution in [3.8, 4) is 16.9 Å². The summed E-state index contributed by atoms with van der Waals surface area (Å²) >= 11 is 0. The van der Waals surface area contributed by atoms with Crippen LogP contribution in [0.25, 0.3) is 11.1 Å². The Hall–Kier alpha value is -1.80. The highest BCUT2D eigenvalue weighted by molar-refractivity contribution is 5.69. The van der Waals surface area contributed by atoms with Crippen LogP contribution >= 0.6 is 0 Å². The van der Waals surface area contributed by atoms with Crippen molar-refractivity contribution >= 4 is 0 Å². The number of rotatable bonds is 8. The van der Waals surface area contributed by atoms with Crippen LogP contribution < -0.4 is 10.5 Å². The first-order valence-electron chi connectivity index (χ1n) is 8.27. The summed E-state index contributed by atoms with van der Waals surface area (Å²) in [5.41, 5.74) is 9.72. The highest BCUT2D eigenvalue weighted by Crippen LogP contribution is 2.29. The molecule has 2 rings (SSSR count). The summed E-state index contributed by atoms with van der Waals surface area (Å²) in [6.45, 7) is 5.04. The molecule has 0 aromatic heterocycles. The number of nitrogens with two attached hydrogens (primary N) is 1. The monoisotopic (exact) mass is 297 g/mol. The van der Waals surface area contributed by atoms with Gasteiger partial charge in [0, 0.05) is 6.04 Å². The van der Waals surface area contributed by atoms with Gasteiger partial charge in [0.2, 0.25) is 0 Å². The van der Waals surface area contributed by atoms with Crippen LogP contribution in [0.4, 0.5) is 0 Å². The van der Waals surface area contributed by atoms with Gasteiger partial charge in [0.25, 0.3) is 0 Å². The molecule has 0 amide bonds. The van der Waals surface area contributed by atoms with Gasteiger partial charge in [0.1, 0.15) is 5.75 Å². The van der Waals surface area contributed by atoms with Gasteiger partial charge in [-0.1, -0.05) is 56.2 Å². The second-order valence-electron chi connectivity index (χ2n) is 5.92. The maximum absolute atomic E-state index is 5.99. The van der Waals surface area contributed by atoms with Gasteiger partial charge in [-0.15, -0.1) is 0 Å². The van der Waals surface area contributed by atoms with E-state index in [0.717, 1.165) is 25.2 Å². The summed E-state index contributed by atoms with van der Waals surface area (Å²) in [6, 6.07) is 17.0. The lowest BCUT2D eigenvalue weighted by atomic mass is 9.95. The van der Waals surface area contributed by atoms with Crippen LogP contribution in [0.5, 0.6) is 5.75 Å². The summed E-state index contributed by atoms with van der Waals surface area (Å²) in [5.74, 6) is 0.948. The summed E-state index contributed by atoms with van der Waals surface area (Å²) < 4.78 is 5.90. The molecule has 2 aromatic carbocycles. The van der Waals surface area contributed by atoms with E-state index in [0.29, 0.717) is 0 Å². The third-order valence-corrected chi connectivity index (χ3v) is 3.72. The molecule has 0 aliphatic carbocycles. The standard InChI is InChI=1S/C20H27NO/c1-3-4-8-13-22-19-12-11-18(14-16(2)21)20(15-19)17-9-6-5-7-10-17/h5-7,9-12,15-16H,3-4,8,13-14,21H2,1-2H3. The molecule has 118 valence electrons. The van der Waals surface area contributed by atoms with Gasteiger partial charge in [-0.25, -0.2) is 0 Å². The highest BCUT2D eigenvalue weighted by atomic mass is 16.5. The molecule has 0 saturated heterocycles. The van der Waals surface area contributed by atoms with E-state index in [9.17, 15) is 0 Å². The zero-order chi connectivity index (χ0) is 15.8. The molecule has 0 radical (unpaired) electrons. The second kappa shape index (κ2) is 8.60. The molecule has 0 aliphatic heterocycles. The lowest BCUT2D eigenvalue weighted by Gasteiger charge is -2.14. The van der Waals surface area contributed by atoms with Crippen LogP contribution in [0.3, 0.4) is 0 Å². The van der Waals surface area contributed by atoms with E-state index in [1.165, 1.54) is 29.5 Å². The minimum Gasteiger partial charge on any atom is -0.494 e. The molecule has 2 aromatic rings. The number of hydrogen-bond acceptors (Lipinski definition) is 2. The number of ether oxygens (including phenoxy) is 1. The van der Waals surface area contributed by atoms with Crippen molar-refractivity contribution in [1.29, 1.82) is 0 Å². The van der Waals surface area contributed by atoms with E-state index in [-0.39, 0.29) is 6.04 Å². The fourth-order valence-corrected chi connectivity index (χ4v) is 2.60. The Labute approximate surface area is 134 Å². The first-order valence-corrected chi connectivity index (χ1v) is 8.27. The molecular weight excluding hydrogens is 270 g/mol. The number of benzene rings is 2. The topological polar surface area (TPSA) is 35.2 Å². The maximum atomic E-state index is 5.99. The van der Waals surface area contributed by atoms with Crippen molar-refractivity contribution in [3.63, 3.8) is 0 Å². The average molecular weight is 297 g/mol. The van der Waals surface area contributed by atoms with Crippen molar-refractivity contribution in [2.24, 2.45) is 5.73 Å². The molecule has 0 heterocycles. The zero-order valence-electron chi connectivity index (χ0n) is 13.7. The fourth-order valence-electron chi connectivity index (χ4n) is 2.60. The van der Waals surface area contributed by atoms with Gasteiger partial charge in [0.05, 0.1) is 6.61 Å². The lowest BCUT2D eigenvalue weighted by molar-refractivity contribution is 0.306. The summed E-state index contributed by atoms with van der Waals surface area (Å²) in [7, 11) is 0. The third kappa shape index (κ3) is 4.88. The van der Waals surface area contributed by atoms with Crippen molar-refractivity contribution < 1.29 is 4.74 Å². The first kappa shape index (κ1) is 16.6. The van der Waals surface area contributed by atoms with Crippen molar-refractivity contribution in [2.75, 3.05) is 6.61 Å². The predicted molar refractivity (Wildman–Crippen MR) is 94.3 cm³/mol. The summed E-state index contributed by atoms with van der Waals surface area (Å²) in [4.78, 5) is 0. The zero-order valence-corrected chi connectivity index (χ0v) is 13.7. The number of hydrogen-bond donors (Lipinski definition) is 1. The quantitative estimate of drug-likeness (QED) is 0.709. The maximum Gasteiger partial charge on any atom is 0.119 e. The Balaban J connectivity index is 2.21. The van der Waals surface area contributed by atoms with Gasteiger partial charge in [0.15, 0.2) is 0 Å².